The van der Waals surface area contributed by atoms with Crippen LogP contribution in [0.4, 0.5) is 0 Å². The summed E-state index contributed by atoms with van der Waals surface area (Å²) < 4.78 is 16.0. The Morgan fingerprint density at radius 3 is 2.81 bits per heavy atom. The van der Waals surface area contributed by atoms with Gasteiger partial charge in [0.1, 0.15) is 0 Å². The maximum absolute atomic E-state index is 12.0. The summed E-state index contributed by atoms with van der Waals surface area (Å²) in [6.45, 7) is 3.97. The molecular weight excluding hydrogens is 272 g/mol. The van der Waals surface area contributed by atoms with Gasteiger partial charge < -0.3 is 24.8 Å². The predicted molar refractivity (Wildman–Crippen MR) is 79.1 cm³/mol. The number of fused-ring (bicyclic) bond motifs is 1. The maximum Gasteiger partial charge on any atom is 0.251 e. The average molecular weight is 294 g/mol. The maximum atomic E-state index is 12.0. The van der Waals surface area contributed by atoms with Gasteiger partial charge in [-0.3, -0.25) is 4.79 Å². The van der Waals surface area contributed by atoms with Gasteiger partial charge in [0, 0.05) is 38.7 Å². The number of hydrogen-bond donors (Lipinski definition) is 2. The van der Waals surface area contributed by atoms with Gasteiger partial charge in [0.25, 0.3) is 5.91 Å². The van der Waals surface area contributed by atoms with Crippen LogP contribution in [0.5, 0.6) is 11.5 Å². The van der Waals surface area contributed by atoms with E-state index in [-0.39, 0.29) is 5.91 Å². The number of carbonyl (C=O) groups excluding carboxylic acids is 1. The molecule has 1 aliphatic heterocycles. The van der Waals surface area contributed by atoms with Crippen molar-refractivity contribution in [2.24, 2.45) is 0 Å². The van der Waals surface area contributed by atoms with Gasteiger partial charge in [-0.2, -0.15) is 0 Å². The Kier molecular flexibility index (Phi) is 6.30. The fraction of sp³-hybridized carbons (Fsp3) is 0.533. The van der Waals surface area contributed by atoms with Gasteiger partial charge in [-0.15, -0.1) is 0 Å². The summed E-state index contributed by atoms with van der Waals surface area (Å²) in [5, 5.41) is 6.03. The van der Waals surface area contributed by atoms with E-state index in [1.807, 2.05) is 0 Å². The topological polar surface area (TPSA) is 68.8 Å². The Bertz CT molecular complexity index is 465. The molecule has 0 unspecified atom stereocenters. The lowest BCUT2D eigenvalue weighted by Crippen LogP contribution is -2.33. The lowest BCUT2D eigenvalue weighted by atomic mass is 10.2. The zero-order valence-corrected chi connectivity index (χ0v) is 12.3. The standard InChI is InChI=1S/C15H22N2O4/c1-19-10-7-16-5-6-17-15(18)12-3-4-13-14(11-12)21-9-2-8-20-13/h3-4,11,16H,2,5-10H2,1H3,(H,17,18). The van der Waals surface area contributed by atoms with Crippen molar-refractivity contribution in [2.75, 3.05) is 46.6 Å². The van der Waals surface area contributed by atoms with Crippen LogP contribution in [0.3, 0.4) is 0 Å². The van der Waals surface area contributed by atoms with E-state index in [0.717, 1.165) is 13.0 Å². The highest BCUT2D eigenvalue weighted by atomic mass is 16.5. The van der Waals surface area contributed by atoms with E-state index < -0.39 is 0 Å². The van der Waals surface area contributed by atoms with E-state index in [2.05, 4.69) is 10.6 Å². The molecule has 0 radical (unpaired) electrons. The highest BCUT2D eigenvalue weighted by molar-refractivity contribution is 5.94. The fourth-order valence-electron chi connectivity index (χ4n) is 1.97. The van der Waals surface area contributed by atoms with Gasteiger partial charge in [0.05, 0.1) is 19.8 Å². The van der Waals surface area contributed by atoms with Gasteiger partial charge in [-0.25, -0.2) is 0 Å². The minimum absolute atomic E-state index is 0.112. The Morgan fingerprint density at radius 1 is 1.19 bits per heavy atom. The molecule has 1 heterocycles. The first-order valence-corrected chi connectivity index (χ1v) is 7.19. The van der Waals surface area contributed by atoms with Crippen LogP contribution in [0.1, 0.15) is 16.8 Å². The van der Waals surface area contributed by atoms with Crippen molar-refractivity contribution < 1.29 is 19.0 Å². The smallest absolute Gasteiger partial charge is 0.251 e. The van der Waals surface area contributed by atoms with E-state index >= 15 is 0 Å². The van der Waals surface area contributed by atoms with Crippen LogP contribution in [0, 0.1) is 0 Å². The van der Waals surface area contributed by atoms with E-state index in [1.165, 1.54) is 0 Å². The van der Waals surface area contributed by atoms with E-state index in [4.69, 9.17) is 14.2 Å². The van der Waals surface area contributed by atoms with Crippen molar-refractivity contribution in [1.82, 2.24) is 10.6 Å². The van der Waals surface area contributed by atoms with Crippen LogP contribution < -0.4 is 20.1 Å². The molecule has 0 aliphatic carbocycles. The van der Waals surface area contributed by atoms with Crippen LogP contribution in [-0.4, -0.2) is 52.5 Å². The zero-order valence-electron chi connectivity index (χ0n) is 12.3. The van der Waals surface area contributed by atoms with Crippen molar-refractivity contribution in [3.8, 4) is 11.5 Å². The molecule has 0 aromatic heterocycles. The molecule has 6 nitrogen and oxygen atoms in total. The summed E-state index contributed by atoms with van der Waals surface area (Å²) in [6, 6.07) is 5.27. The second kappa shape index (κ2) is 8.49. The van der Waals surface area contributed by atoms with Crippen molar-refractivity contribution in [3.05, 3.63) is 23.8 Å². The van der Waals surface area contributed by atoms with Crippen molar-refractivity contribution in [1.29, 1.82) is 0 Å². The Labute approximate surface area is 124 Å². The predicted octanol–water partition coefficient (Wildman–Crippen LogP) is 0.814. The monoisotopic (exact) mass is 294 g/mol. The number of methoxy groups -OCH3 is 1. The molecule has 2 rings (SSSR count). The molecule has 2 N–H and O–H groups in total. The number of ether oxygens (including phenoxy) is 3. The summed E-state index contributed by atoms with van der Waals surface area (Å²) in [5.41, 5.74) is 0.580. The third kappa shape index (κ3) is 4.91. The van der Waals surface area contributed by atoms with Crippen LogP contribution in [-0.2, 0) is 4.74 Å². The molecule has 0 spiro atoms. The summed E-state index contributed by atoms with van der Waals surface area (Å²) >= 11 is 0. The molecule has 116 valence electrons. The van der Waals surface area contributed by atoms with E-state index in [9.17, 15) is 4.79 Å². The lowest BCUT2D eigenvalue weighted by molar-refractivity contribution is 0.0953. The Balaban J connectivity index is 1.81. The Morgan fingerprint density at radius 2 is 2.00 bits per heavy atom. The summed E-state index contributed by atoms with van der Waals surface area (Å²) in [4.78, 5) is 12.0. The minimum Gasteiger partial charge on any atom is -0.490 e. The zero-order chi connectivity index (χ0) is 14.9. The van der Waals surface area contributed by atoms with Crippen LogP contribution in [0.25, 0.3) is 0 Å². The lowest BCUT2D eigenvalue weighted by Gasteiger charge is -2.10. The third-order valence-corrected chi connectivity index (χ3v) is 3.08. The van der Waals surface area contributed by atoms with Crippen molar-refractivity contribution in [3.63, 3.8) is 0 Å². The normalized spacial score (nSPS) is 13.6. The molecule has 1 aromatic rings. The first-order chi connectivity index (χ1) is 10.3. The first kappa shape index (κ1) is 15.6. The molecular formula is C15H22N2O4. The molecule has 21 heavy (non-hydrogen) atoms. The molecule has 6 heteroatoms. The summed E-state index contributed by atoms with van der Waals surface area (Å²) in [5.74, 6) is 1.22. The Hall–Kier alpha value is -1.79. The van der Waals surface area contributed by atoms with Gasteiger partial charge in [-0.05, 0) is 18.2 Å². The largest absolute Gasteiger partial charge is 0.490 e. The number of rotatable bonds is 7. The molecule has 0 saturated heterocycles. The fourth-order valence-corrected chi connectivity index (χ4v) is 1.97. The van der Waals surface area contributed by atoms with Crippen LogP contribution in [0.15, 0.2) is 18.2 Å². The number of amides is 1. The third-order valence-electron chi connectivity index (χ3n) is 3.08. The van der Waals surface area contributed by atoms with Crippen LogP contribution in [0.2, 0.25) is 0 Å². The van der Waals surface area contributed by atoms with E-state index in [0.29, 0.717) is 50.0 Å². The number of hydrogen-bond acceptors (Lipinski definition) is 5. The SMILES string of the molecule is COCCNCCNC(=O)c1ccc2c(c1)OCCCO2. The minimum atomic E-state index is -0.112. The molecule has 0 fully saturated rings. The highest BCUT2D eigenvalue weighted by Gasteiger charge is 2.13. The number of benzene rings is 1. The molecule has 1 aliphatic rings. The molecule has 0 bridgehead atoms. The van der Waals surface area contributed by atoms with Gasteiger partial charge in [0.15, 0.2) is 11.5 Å². The van der Waals surface area contributed by atoms with Crippen LogP contribution >= 0.6 is 0 Å². The average Bonchev–Trinajstić information content (AvgIpc) is 2.75. The highest BCUT2D eigenvalue weighted by Crippen LogP contribution is 2.30. The first-order valence-electron chi connectivity index (χ1n) is 7.19. The van der Waals surface area contributed by atoms with Crippen molar-refractivity contribution in [2.45, 2.75) is 6.42 Å². The molecule has 0 saturated carbocycles. The number of nitrogens with one attached hydrogen (secondary N) is 2. The summed E-state index contributed by atoms with van der Waals surface area (Å²) in [7, 11) is 1.66. The summed E-state index contributed by atoms with van der Waals surface area (Å²) in [6.07, 6.45) is 0.851. The quantitative estimate of drug-likeness (QED) is 0.729. The van der Waals surface area contributed by atoms with Gasteiger partial charge in [0.2, 0.25) is 0 Å². The van der Waals surface area contributed by atoms with Gasteiger partial charge in [-0.1, -0.05) is 0 Å². The number of carbonyl (C=O) groups is 1. The molecule has 0 atom stereocenters. The van der Waals surface area contributed by atoms with E-state index in [1.54, 1.807) is 25.3 Å². The molecule has 1 amide bonds. The molecule has 1 aromatic carbocycles. The second-order valence-electron chi connectivity index (χ2n) is 4.71. The second-order valence-corrected chi connectivity index (χ2v) is 4.71. The van der Waals surface area contributed by atoms with Gasteiger partial charge >= 0.3 is 0 Å². The van der Waals surface area contributed by atoms with Crippen molar-refractivity contribution >= 4 is 5.91 Å².